The number of ether oxygens (including phenoxy) is 1. The molecule has 0 bridgehead atoms. The molecule has 0 unspecified atom stereocenters. The van der Waals surface area contributed by atoms with Gasteiger partial charge < -0.3 is 15.0 Å². The molecule has 1 N–H and O–H groups in total. The number of carbonyl (C=O) groups is 1. The minimum atomic E-state index is -0.386. The lowest BCUT2D eigenvalue weighted by molar-refractivity contribution is -0.118. The first kappa shape index (κ1) is 17.9. The fourth-order valence-corrected chi connectivity index (χ4v) is 4.11. The quantitative estimate of drug-likeness (QED) is 0.867. The summed E-state index contributed by atoms with van der Waals surface area (Å²) in [7, 11) is 1.66. The van der Waals surface area contributed by atoms with Crippen molar-refractivity contribution in [2.45, 2.75) is 51.0 Å². The number of carbonyl (C=O) groups excluding carboxylic acids is 1. The normalized spacial score (nSPS) is 17.4. The molecule has 0 saturated heterocycles. The molecule has 4 nitrogen and oxygen atoms in total. The number of anilines is 2. The van der Waals surface area contributed by atoms with Crippen molar-refractivity contribution in [1.29, 1.82) is 0 Å². The Bertz CT molecular complexity index is 861. The molecule has 1 fully saturated rings. The predicted octanol–water partition coefficient (Wildman–Crippen LogP) is 4.53. The fraction of sp³-hybridized carbons (Fsp3) is 0.435. The van der Waals surface area contributed by atoms with Crippen molar-refractivity contribution < 1.29 is 9.53 Å². The zero-order valence-corrected chi connectivity index (χ0v) is 16.6. The van der Waals surface area contributed by atoms with Gasteiger partial charge in [-0.15, -0.1) is 0 Å². The maximum Gasteiger partial charge on any atom is 0.235 e. The molecule has 0 spiro atoms. The van der Waals surface area contributed by atoms with Gasteiger partial charge in [-0.05, 0) is 81.5 Å². The summed E-state index contributed by atoms with van der Waals surface area (Å²) in [5.41, 5.74) is 4.30. The molecule has 142 valence electrons. The number of fused-ring (bicyclic) bond motifs is 1. The van der Waals surface area contributed by atoms with Gasteiger partial charge in [-0.25, -0.2) is 0 Å². The molecule has 27 heavy (non-hydrogen) atoms. The summed E-state index contributed by atoms with van der Waals surface area (Å²) in [5.74, 6) is 0.912. The highest BCUT2D eigenvalue weighted by molar-refractivity contribution is 6.01. The fourth-order valence-electron chi connectivity index (χ4n) is 4.11. The highest BCUT2D eigenvalue weighted by Crippen LogP contribution is 2.49. The molecule has 1 heterocycles. The molecular weight excluding hydrogens is 336 g/mol. The lowest BCUT2D eigenvalue weighted by Crippen LogP contribution is -2.40. The van der Waals surface area contributed by atoms with Crippen LogP contribution in [-0.4, -0.2) is 25.1 Å². The molecule has 0 atom stereocenters. The third kappa shape index (κ3) is 3.18. The van der Waals surface area contributed by atoms with Crippen LogP contribution < -0.4 is 15.0 Å². The van der Waals surface area contributed by atoms with E-state index in [2.05, 4.69) is 43.1 Å². The van der Waals surface area contributed by atoms with Crippen LogP contribution in [-0.2, 0) is 16.6 Å². The van der Waals surface area contributed by atoms with Gasteiger partial charge in [-0.3, -0.25) is 4.79 Å². The van der Waals surface area contributed by atoms with E-state index in [1.54, 1.807) is 7.11 Å². The summed E-state index contributed by atoms with van der Waals surface area (Å²) in [4.78, 5) is 15.5. The van der Waals surface area contributed by atoms with E-state index < -0.39 is 0 Å². The third-order valence-corrected chi connectivity index (χ3v) is 5.87. The van der Waals surface area contributed by atoms with Crippen LogP contribution in [0.1, 0.15) is 44.7 Å². The molecular formula is C23H28N2O2. The highest BCUT2D eigenvalue weighted by atomic mass is 16.5. The molecule has 2 aliphatic rings. The Labute approximate surface area is 161 Å². The van der Waals surface area contributed by atoms with Crippen molar-refractivity contribution in [3.05, 3.63) is 53.6 Å². The van der Waals surface area contributed by atoms with Crippen molar-refractivity contribution in [2.75, 3.05) is 23.9 Å². The molecule has 0 aromatic heterocycles. The number of nitrogens with one attached hydrogen (secondary N) is 1. The largest absolute Gasteiger partial charge is 0.497 e. The monoisotopic (exact) mass is 364 g/mol. The van der Waals surface area contributed by atoms with Gasteiger partial charge in [0, 0.05) is 23.5 Å². The molecule has 2 aromatic carbocycles. The molecule has 2 aromatic rings. The van der Waals surface area contributed by atoms with Crippen LogP contribution in [0.4, 0.5) is 11.4 Å². The highest BCUT2D eigenvalue weighted by Gasteiger charge is 2.51. The zero-order valence-electron chi connectivity index (χ0n) is 16.6. The second-order valence-corrected chi connectivity index (χ2v) is 8.68. The van der Waals surface area contributed by atoms with Gasteiger partial charge in [0.05, 0.1) is 12.5 Å². The lowest BCUT2D eigenvalue weighted by atomic mass is 9.94. The minimum absolute atomic E-state index is 0.0956. The molecule has 4 heteroatoms. The van der Waals surface area contributed by atoms with Gasteiger partial charge in [0.25, 0.3) is 0 Å². The van der Waals surface area contributed by atoms with E-state index in [0.717, 1.165) is 42.8 Å². The van der Waals surface area contributed by atoms with Gasteiger partial charge in [-0.2, -0.15) is 0 Å². The average molecular weight is 364 g/mol. The molecule has 0 radical (unpaired) electrons. The van der Waals surface area contributed by atoms with Crippen LogP contribution >= 0.6 is 0 Å². The van der Waals surface area contributed by atoms with Gasteiger partial charge in [0.15, 0.2) is 0 Å². The van der Waals surface area contributed by atoms with Gasteiger partial charge in [0.2, 0.25) is 5.91 Å². The van der Waals surface area contributed by atoms with Crippen molar-refractivity contribution in [1.82, 2.24) is 0 Å². The molecule has 1 aliphatic heterocycles. The summed E-state index contributed by atoms with van der Waals surface area (Å²) in [6, 6.07) is 14.2. The summed E-state index contributed by atoms with van der Waals surface area (Å²) in [6.45, 7) is 7.75. The number of hydrogen-bond acceptors (Lipinski definition) is 3. The van der Waals surface area contributed by atoms with Crippen molar-refractivity contribution in [2.24, 2.45) is 0 Å². The van der Waals surface area contributed by atoms with Crippen LogP contribution in [0.25, 0.3) is 0 Å². The average Bonchev–Trinajstić information content (AvgIpc) is 3.34. The number of amides is 1. The first-order chi connectivity index (χ1) is 12.8. The van der Waals surface area contributed by atoms with E-state index in [0.29, 0.717) is 0 Å². The van der Waals surface area contributed by atoms with Crippen LogP contribution in [0, 0.1) is 0 Å². The topological polar surface area (TPSA) is 41.6 Å². The van der Waals surface area contributed by atoms with Gasteiger partial charge in [0.1, 0.15) is 5.75 Å². The summed E-state index contributed by atoms with van der Waals surface area (Å²) < 4.78 is 5.23. The van der Waals surface area contributed by atoms with E-state index in [1.807, 2.05) is 30.3 Å². The Morgan fingerprint density at radius 3 is 2.41 bits per heavy atom. The summed E-state index contributed by atoms with van der Waals surface area (Å²) >= 11 is 0. The number of hydrogen-bond donors (Lipinski definition) is 1. The van der Waals surface area contributed by atoms with Crippen LogP contribution in [0.3, 0.4) is 0 Å². The second kappa shape index (κ2) is 6.29. The number of methoxy groups -OCH3 is 1. The van der Waals surface area contributed by atoms with Crippen LogP contribution in [0.15, 0.2) is 42.5 Å². The minimum Gasteiger partial charge on any atom is -0.497 e. The zero-order chi connectivity index (χ0) is 19.2. The standard InChI is InChI=1S/C23H28N2O2/c1-22(2,3)25-14-11-16-15-18(7-10-20(16)25)24-21(26)23(12-13-23)17-5-8-19(27-4)9-6-17/h5-10,15H,11-14H2,1-4H3,(H,24,26). The number of nitrogens with zero attached hydrogens (tertiary/aromatic N) is 1. The Hall–Kier alpha value is -2.49. The van der Waals surface area contributed by atoms with Crippen molar-refractivity contribution in [3.8, 4) is 5.75 Å². The number of benzene rings is 2. The van der Waals surface area contributed by atoms with E-state index in [4.69, 9.17) is 4.74 Å². The third-order valence-electron chi connectivity index (χ3n) is 5.87. The van der Waals surface area contributed by atoms with Crippen LogP contribution in [0.5, 0.6) is 5.75 Å². The lowest BCUT2D eigenvalue weighted by Gasteiger charge is -2.34. The van der Waals surface area contributed by atoms with E-state index in [-0.39, 0.29) is 16.9 Å². The van der Waals surface area contributed by atoms with E-state index in [1.165, 1.54) is 11.3 Å². The van der Waals surface area contributed by atoms with Crippen molar-refractivity contribution >= 4 is 17.3 Å². The Balaban J connectivity index is 1.52. The molecule has 4 rings (SSSR count). The van der Waals surface area contributed by atoms with Crippen molar-refractivity contribution in [3.63, 3.8) is 0 Å². The maximum absolute atomic E-state index is 13.0. The number of rotatable bonds is 4. The molecule has 1 amide bonds. The van der Waals surface area contributed by atoms with E-state index in [9.17, 15) is 4.79 Å². The Kier molecular flexibility index (Phi) is 4.17. The second-order valence-electron chi connectivity index (χ2n) is 8.68. The summed E-state index contributed by atoms with van der Waals surface area (Å²) in [5, 5.41) is 3.17. The molecule has 1 aliphatic carbocycles. The smallest absolute Gasteiger partial charge is 0.235 e. The first-order valence-corrected chi connectivity index (χ1v) is 9.70. The SMILES string of the molecule is COc1ccc(C2(C(=O)Nc3ccc4c(c3)CCN4C(C)(C)C)CC2)cc1. The van der Waals surface area contributed by atoms with Crippen LogP contribution in [0.2, 0.25) is 0 Å². The predicted molar refractivity (Wildman–Crippen MR) is 110 cm³/mol. The van der Waals surface area contributed by atoms with E-state index >= 15 is 0 Å². The molecule has 1 saturated carbocycles. The maximum atomic E-state index is 13.0. The Morgan fingerprint density at radius 1 is 1.11 bits per heavy atom. The first-order valence-electron chi connectivity index (χ1n) is 9.70. The Morgan fingerprint density at radius 2 is 1.81 bits per heavy atom. The van der Waals surface area contributed by atoms with Gasteiger partial charge >= 0.3 is 0 Å². The van der Waals surface area contributed by atoms with Gasteiger partial charge in [-0.1, -0.05) is 12.1 Å². The summed E-state index contributed by atoms with van der Waals surface area (Å²) in [6.07, 6.45) is 2.82.